The van der Waals surface area contributed by atoms with Crippen LogP contribution in [0.2, 0.25) is 0 Å². The summed E-state index contributed by atoms with van der Waals surface area (Å²) in [6.45, 7) is 0.700. The highest BCUT2D eigenvalue weighted by molar-refractivity contribution is 5.99. The van der Waals surface area contributed by atoms with Crippen LogP contribution < -0.4 is 0 Å². The molecule has 0 saturated carbocycles. The predicted octanol–water partition coefficient (Wildman–Crippen LogP) is 5.37. The Morgan fingerprint density at radius 1 is 0.872 bits per heavy atom. The van der Waals surface area contributed by atoms with E-state index in [1.54, 1.807) is 24.9 Å². The van der Waals surface area contributed by atoms with E-state index in [0.717, 1.165) is 55.4 Å². The van der Waals surface area contributed by atoms with Gasteiger partial charge in [-0.1, -0.05) is 36.4 Å². The number of pyridine rings is 2. The van der Waals surface area contributed by atoms with Crippen LogP contribution in [0.4, 0.5) is 0 Å². The number of para-hydroxylation sites is 1. The number of nitrogens with zero attached hydrogens (tertiary/aromatic N) is 7. The fraction of sp³-hybridized carbons (Fsp3) is 0.0345. The second kappa shape index (κ2) is 9.67. The van der Waals surface area contributed by atoms with Crippen LogP contribution in [0.3, 0.4) is 0 Å². The summed E-state index contributed by atoms with van der Waals surface area (Å²) in [5.74, 6) is 0.727. The van der Waals surface area contributed by atoms with E-state index in [4.69, 9.17) is 4.98 Å². The molecule has 0 bridgehead atoms. The van der Waals surface area contributed by atoms with E-state index in [1.807, 2.05) is 59.9 Å². The van der Waals surface area contributed by atoms with E-state index in [-0.39, 0.29) is 0 Å². The lowest BCUT2D eigenvalue weighted by Crippen LogP contribution is -1.97. The number of aromatic nitrogens is 10. The topological polar surface area (TPSA) is 130 Å². The van der Waals surface area contributed by atoms with Gasteiger partial charge in [-0.3, -0.25) is 10.1 Å². The van der Waals surface area contributed by atoms with Crippen LogP contribution >= 0.6 is 0 Å². The Bertz CT molecular complexity index is 1980. The lowest BCUT2D eigenvalue weighted by molar-refractivity contribution is 0.801. The number of hydrogen-bond acceptors (Lipinski definition) is 6. The summed E-state index contributed by atoms with van der Waals surface area (Å²) in [7, 11) is 0. The van der Waals surface area contributed by atoms with E-state index in [2.05, 4.69) is 64.4 Å². The molecule has 39 heavy (non-hydrogen) atoms. The van der Waals surface area contributed by atoms with Crippen LogP contribution in [0.15, 0.2) is 105 Å². The third-order valence-electron chi connectivity index (χ3n) is 6.54. The van der Waals surface area contributed by atoms with Gasteiger partial charge in [0.05, 0.1) is 35.6 Å². The molecule has 8 aromatic rings. The molecule has 8 rings (SSSR count). The molecule has 0 fully saturated rings. The van der Waals surface area contributed by atoms with Crippen LogP contribution in [0, 0.1) is 0 Å². The first-order valence-corrected chi connectivity index (χ1v) is 12.4. The normalized spacial score (nSPS) is 11.2. The molecule has 188 valence electrons. The molecule has 0 aliphatic heterocycles. The van der Waals surface area contributed by atoms with E-state index in [0.29, 0.717) is 12.2 Å². The molecule has 2 aromatic carbocycles. The van der Waals surface area contributed by atoms with E-state index in [9.17, 15) is 0 Å². The Labute approximate surface area is 221 Å². The third kappa shape index (κ3) is 4.29. The smallest absolute Gasteiger partial charge is 0.181 e. The van der Waals surface area contributed by atoms with Crippen molar-refractivity contribution >= 4 is 32.8 Å². The van der Waals surface area contributed by atoms with Gasteiger partial charge in [0.1, 0.15) is 5.69 Å². The minimum Gasteiger partial charge on any atom is -0.351 e. The maximum absolute atomic E-state index is 4.94. The Morgan fingerprint density at radius 3 is 2.69 bits per heavy atom. The number of hydrogen-bond donors (Lipinski definition) is 3. The van der Waals surface area contributed by atoms with Gasteiger partial charge < -0.3 is 14.5 Å². The van der Waals surface area contributed by atoms with Crippen molar-refractivity contribution in [2.75, 3.05) is 0 Å². The van der Waals surface area contributed by atoms with Crippen molar-refractivity contribution in [3.63, 3.8) is 0 Å². The van der Waals surface area contributed by atoms with Crippen molar-refractivity contribution in [1.82, 2.24) is 49.7 Å². The summed E-state index contributed by atoms with van der Waals surface area (Å²) in [5.41, 5.74) is 6.48. The standard InChI is InChI=1S/C26H18N8.C3H4N2/c1-2-6-19-16(4-1)11-28-13-21(19)18-10-20-24(32-33-25(20)29-12-18)26-30-22-7-3-5-17(23(22)31-26)14-34-9-8-27-15-34;1-2-5-3-4-1/h1-13,15H,14H2,(H,30,31)(H,29,32,33);1-3H,(H,4,5). The quantitative estimate of drug-likeness (QED) is 0.292. The Morgan fingerprint density at radius 2 is 1.85 bits per heavy atom. The Kier molecular flexibility index (Phi) is 5.59. The highest BCUT2D eigenvalue weighted by Gasteiger charge is 2.16. The largest absolute Gasteiger partial charge is 0.351 e. The van der Waals surface area contributed by atoms with Crippen molar-refractivity contribution in [2.24, 2.45) is 0 Å². The second-order valence-electron chi connectivity index (χ2n) is 9.00. The number of H-pyrrole nitrogens is 3. The fourth-order valence-corrected chi connectivity index (χ4v) is 4.70. The van der Waals surface area contributed by atoms with Gasteiger partial charge in [0.15, 0.2) is 11.5 Å². The van der Waals surface area contributed by atoms with Crippen molar-refractivity contribution in [3.05, 3.63) is 110 Å². The van der Waals surface area contributed by atoms with E-state index >= 15 is 0 Å². The maximum atomic E-state index is 4.94. The zero-order chi connectivity index (χ0) is 26.0. The highest BCUT2D eigenvalue weighted by Crippen LogP contribution is 2.32. The first kappa shape index (κ1) is 22.5. The van der Waals surface area contributed by atoms with Crippen molar-refractivity contribution in [1.29, 1.82) is 0 Å². The molecule has 10 heteroatoms. The molecule has 6 heterocycles. The molecule has 10 nitrogen and oxygen atoms in total. The number of fused-ring (bicyclic) bond motifs is 3. The first-order chi connectivity index (χ1) is 19.3. The van der Waals surface area contributed by atoms with Crippen molar-refractivity contribution in [2.45, 2.75) is 6.54 Å². The maximum Gasteiger partial charge on any atom is 0.181 e. The molecule has 0 aliphatic carbocycles. The molecule has 0 spiro atoms. The van der Waals surface area contributed by atoms with Crippen LogP contribution in [-0.2, 0) is 6.54 Å². The lowest BCUT2D eigenvalue weighted by atomic mass is 10.0. The molecule has 0 unspecified atom stereocenters. The van der Waals surface area contributed by atoms with Gasteiger partial charge in [-0.2, -0.15) is 5.10 Å². The summed E-state index contributed by atoms with van der Waals surface area (Å²) >= 11 is 0. The second-order valence-corrected chi connectivity index (χ2v) is 9.00. The van der Waals surface area contributed by atoms with Crippen LogP contribution in [-0.4, -0.2) is 49.7 Å². The van der Waals surface area contributed by atoms with Crippen molar-refractivity contribution < 1.29 is 0 Å². The van der Waals surface area contributed by atoms with Gasteiger partial charge in [0, 0.05) is 59.9 Å². The monoisotopic (exact) mass is 510 g/mol. The molecular formula is C29H22N10. The summed E-state index contributed by atoms with van der Waals surface area (Å²) in [5, 5.41) is 10.7. The Balaban J connectivity index is 0.000000458. The van der Waals surface area contributed by atoms with Crippen LogP contribution in [0.1, 0.15) is 5.56 Å². The van der Waals surface area contributed by atoms with Crippen LogP contribution in [0.5, 0.6) is 0 Å². The minimum atomic E-state index is 0.644. The SMILES string of the molecule is c1c[nH]cn1.c1ccc2c(-c3cnc4n[nH]c(-c5nc6c(Cn7ccnc7)cccc6[nH]5)c4c3)cncc2c1. The molecule has 6 aromatic heterocycles. The van der Waals surface area contributed by atoms with Crippen molar-refractivity contribution in [3.8, 4) is 22.6 Å². The van der Waals surface area contributed by atoms with E-state index < -0.39 is 0 Å². The molecule has 0 aliphatic rings. The van der Waals surface area contributed by atoms with Gasteiger partial charge in [0.25, 0.3) is 0 Å². The Hall–Kier alpha value is -5.64. The van der Waals surface area contributed by atoms with Gasteiger partial charge in [-0.05, 0) is 23.1 Å². The minimum absolute atomic E-state index is 0.644. The van der Waals surface area contributed by atoms with Crippen LogP contribution in [0.25, 0.3) is 55.5 Å². The van der Waals surface area contributed by atoms with E-state index in [1.165, 1.54) is 0 Å². The lowest BCUT2D eigenvalue weighted by Gasteiger charge is -2.06. The number of imidazole rings is 3. The number of rotatable bonds is 4. The third-order valence-corrected chi connectivity index (χ3v) is 6.54. The van der Waals surface area contributed by atoms with Gasteiger partial charge in [-0.25, -0.2) is 19.9 Å². The number of nitrogens with one attached hydrogen (secondary N) is 3. The number of aromatic amines is 3. The molecule has 0 atom stereocenters. The molecule has 0 radical (unpaired) electrons. The zero-order valence-corrected chi connectivity index (χ0v) is 20.7. The zero-order valence-electron chi connectivity index (χ0n) is 20.7. The van der Waals surface area contributed by atoms with Gasteiger partial charge in [0.2, 0.25) is 0 Å². The molecule has 0 saturated heterocycles. The fourth-order valence-electron chi connectivity index (χ4n) is 4.70. The average Bonchev–Trinajstić information content (AvgIpc) is 3.80. The summed E-state index contributed by atoms with van der Waals surface area (Å²) in [4.78, 5) is 28.0. The molecular weight excluding hydrogens is 488 g/mol. The summed E-state index contributed by atoms with van der Waals surface area (Å²) in [6.07, 6.45) is 16.2. The first-order valence-electron chi connectivity index (χ1n) is 12.4. The van der Waals surface area contributed by atoms with Gasteiger partial charge in [-0.15, -0.1) is 0 Å². The summed E-state index contributed by atoms with van der Waals surface area (Å²) in [6, 6.07) is 16.5. The summed E-state index contributed by atoms with van der Waals surface area (Å²) < 4.78 is 2.03. The predicted molar refractivity (Wildman–Crippen MR) is 150 cm³/mol. The molecule has 3 N–H and O–H groups in total. The van der Waals surface area contributed by atoms with Gasteiger partial charge >= 0.3 is 0 Å². The molecule has 0 amide bonds. The number of benzene rings is 2. The average molecular weight is 511 g/mol. The highest BCUT2D eigenvalue weighted by atomic mass is 15.2.